The van der Waals surface area contributed by atoms with E-state index in [1.54, 1.807) is 19.1 Å². The molecule has 0 radical (unpaired) electrons. The number of carbonyl (C=O) groups is 2. The van der Waals surface area contributed by atoms with Gasteiger partial charge in [0.25, 0.3) is 0 Å². The Morgan fingerprint density at radius 1 is 1.47 bits per heavy atom. The lowest BCUT2D eigenvalue weighted by molar-refractivity contribution is -0.134. The average molecular weight is 349 g/mol. The minimum atomic E-state index is -1.01. The van der Waals surface area contributed by atoms with E-state index >= 15 is 0 Å². The van der Waals surface area contributed by atoms with Crippen molar-refractivity contribution in [3.8, 4) is 0 Å². The van der Waals surface area contributed by atoms with E-state index in [1.165, 1.54) is 6.07 Å². The Balaban J connectivity index is 2.76. The summed E-state index contributed by atoms with van der Waals surface area (Å²) in [7, 11) is 0. The molecule has 0 aliphatic rings. The van der Waals surface area contributed by atoms with E-state index in [2.05, 4.69) is 5.48 Å². The van der Waals surface area contributed by atoms with Gasteiger partial charge in [0.15, 0.2) is 0 Å². The highest BCUT2D eigenvalue weighted by Gasteiger charge is 2.13. The van der Waals surface area contributed by atoms with Crippen LogP contribution >= 0.6 is 22.6 Å². The second kappa shape index (κ2) is 6.55. The molecule has 17 heavy (non-hydrogen) atoms. The molecule has 0 saturated heterocycles. The number of hydrogen-bond donors (Lipinski definition) is 2. The Morgan fingerprint density at radius 2 is 2.18 bits per heavy atom. The second-order valence-electron chi connectivity index (χ2n) is 3.24. The fraction of sp³-hybridized carbons (Fsp3) is 0.273. The van der Waals surface area contributed by atoms with E-state index in [0.717, 1.165) is 3.57 Å². The molecule has 92 valence electrons. The number of carboxylic acids is 1. The highest BCUT2D eigenvalue weighted by molar-refractivity contribution is 14.1. The van der Waals surface area contributed by atoms with Crippen LogP contribution in [0.1, 0.15) is 29.3 Å². The largest absolute Gasteiger partial charge is 0.478 e. The lowest BCUT2D eigenvalue weighted by Gasteiger charge is -2.09. The van der Waals surface area contributed by atoms with Gasteiger partial charge in [-0.1, -0.05) is 13.0 Å². The van der Waals surface area contributed by atoms with Gasteiger partial charge in [0.2, 0.25) is 5.91 Å². The molecular formula is C11H12INO4. The van der Waals surface area contributed by atoms with Crippen LogP contribution in [0.25, 0.3) is 0 Å². The Kier molecular flexibility index (Phi) is 5.36. The number of nitrogens with one attached hydrogen (secondary N) is 1. The van der Waals surface area contributed by atoms with E-state index < -0.39 is 5.97 Å². The third-order valence-corrected chi connectivity index (χ3v) is 3.08. The summed E-state index contributed by atoms with van der Waals surface area (Å²) in [5, 5.41) is 9.00. The van der Waals surface area contributed by atoms with E-state index in [4.69, 9.17) is 9.94 Å². The maximum absolute atomic E-state index is 11.0. The first-order valence-corrected chi connectivity index (χ1v) is 6.05. The van der Waals surface area contributed by atoms with Gasteiger partial charge in [-0.25, -0.2) is 10.3 Å². The number of halogens is 1. The van der Waals surface area contributed by atoms with Gasteiger partial charge in [0.05, 0.1) is 5.56 Å². The molecule has 0 fully saturated rings. The number of rotatable bonds is 5. The van der Waals surface area contributed by atoms with Gasteiger partial charge in [-0.3, -0.25) is 9.63 Å². The molecule has 0 bridgehead atoms. The number of amides is 1. The van der Waals surface area contributed by atoms with Crippen LogP contribution in [0.5, 0.6) is 0 Å². The zero-order valence-corrected chi connectivity index (χ0v) is 11.4. The van der Waals surface area contributed by atoms with Gasteiger partial charge in [-0.2, -0.15) is 0 Å². The van der Waals surface area contributed by atoms with Crippen molar-refractivity contribution < 1.29 is 19.5 Å². The molecule has 0 aromatic heterocycles. The molecule has 6 heteroatoms. The first kappa shape index (κ1) is 13.9. The Bertz CT molecular complexity index is 433. The highest BCUT2D eigenvalue weighted by atomic mass is 127. The molecule has 1 amide bonds. The normalized spacial score (nSPS) is 10.0. The van der Waals surface area contributed by atoms with Crippen LogP contribution in [0, 0.1) is 3.57 Å². The van der Waals surface area contributed by atoms with E-state index in [0.29, 0.717) is 12.0 Å². The summed E-state index contributed by atoms with van der Waals surface area (Å²) in [6.07, 6.45) is 0.317. The van der Waals surface area contributed by atoms with Gasteiger partial charge < -0.3 is 5.11 Å². The molecule has 5 nitrogen and oxygen atoms in total. The molecule has 0 saturated carbocycles. The van der Waals surface area contributed by atoms with E-state index in [1.807, 2.05) is 22.6 Å². The molecular weight excluding hydrogens is 337 g/mol. The zero-order valence-electron chi connectivity index (χ0n) is 9.20. The van der Waals surface area contributed by atoms with Crippen molar-refractivity contribution in [1.29, 1.82) is 0 Å². The highest BCUT2D eigenvalue weighted by Crippen LogP contribution is 2.17. The predicted octanol–water partition coefficient (Wildman–Crippen LogP) is 1.95. The number of hydrogen-bond acceptors (Lipinski definition) is 3. The van der Waals surface area contributed by atoms with Crippen LogP contribution in [0.3, 0.4) is 0 Å². The maximum atomic E-state index is 11.0. The number of benzene rings is 1. The lowest BCUT2D eigenvalue weighted by atomic mass is 10.1. The molecule has 0 spiro atoms. The standard InChI is InChI=1S/C11H12INO4/c1-2-10(14)13-17-6-8-7(11(15)16)4-3-5-9(8)12/h3-5H,2,6H2,1H3,(H,13,14)(H,15,16). The molecule has 0 aliphatic carbocycles. The molecule has 1 aromatic carbocycles. The molecule has 1 rings (SSSR count). The van der Waals surface area contributed by atoms with E-state index in [-0.39, 0.29) is 18.1 Å². The second-order valence-corrected chi connectivity index (χ2v) is 4.40. The van der Waals surface area contributed by atoms with Crippen LogP contribution < -0.4 is 5.48 Å². The summed E-state index contributed by atoms with van der Waals surface area (Å²) >= 11 is 2.03. The Labute approximate surface area is 112 Å². The third-order valence-electron chi connectivity index (χ3n) is 2.07. The van der Waals surface area contributed by atoms with Gasteiger partial charge >= 0.3 is 5.97 Å². The minimum Gasteiger partial charge on any atom is -0.478 e. The van der Waals surface area contributed by atoms with Crippen molar-refractivity contribution in [3.63, 3.8) is 0 Å². The van der Waals surface area contributed by atoms with Gasteiger partial charge in [-0.05, 0) is 34.7 Å². The minimum absolute atomic E-state index is 0.0342. The van der Waals surface area contributed by atoms with Crippen LogP contribution in [0.4, 0.5) is 0 Å². The van der Waals surface area contributed by atoms with Crippen molar-refractivity contribution >= 4 is 34.5 Å². The molecule has 1 aromatic rings. The van der Waals surface area contributed by atoms with Gasteiger partial charge in [-0.15, -0.1) is 0 Å². The van der Waals surface area contributed by atoms with Crippen LogP contribution in [0.2, 0.25) is 0 Å². The van der Waals surface area contributed by atoms with E-state index in [9.17, 15) is 9.59 Å². The summed E-state index contributed by atoms with van der Waals surface area (Å²) in [6.45, 7) is 1.74. The number of carboxylic acid groups (broad SMARTS) is 1. The van der Waals surface area contributed by atoms with Crippen molar-refractivity contribution in [3.05, 3.63) is 32.9 Å². The van der Waals surface area contributed by atoms with Crippen LogP contribution in [0.15, 0.2) is 18.2 Å². The Morgan fingerprint density at radius 3 is 2.76 bits per heavy atom. The molecule has 0 aliphatic heterocycles. The van der Waals surface area contributed by atoms with Crippen molar-refractivity contribution in [2.75, 3.05) is 0 Å². The summed E-state index contributed by atoms with van der Waals surface area (Å²) in [6, 6.07) is 4.96. The van der Waals surface area contributed by atoms with Crippen LogP contribution in [-0.2, 0) is 16.2 Å². The summed E-state index contributed by atoms with van der Waals surface area (Å²) < 4.78 is 0.785. The maximum Gasteiger partial charge on any atom is 0.336 e. The molecule has 0 unspecified atom stereocenters. The monoisotopic (exact) mass is 349 g/mol. The smallest absolute Gasteiger partial charge is 0.336 e. The number of aromatic carboxylic acids is 1. The summed E-state index contributed by atoms with van der Waals surface area (Å²) in [5.74, 6) is -1.25. The van der Waals surface area contributed by atoms with Crippen molar-refractivity contribution in [2.45, 2.75) is 20.0 Å². The van der Waals surface area contributed by atoms with Crippen LogP contribution in [-0.4, -0.2) is 17.0 Å². The van der Waals surface area contributed by atoms with Gasteiger partial charge in [0, 0.05) is 15.6 Å². The first-order chi connectivity index (χ1) is 8.06. The van der Waals surface area contributed by atoms with Crippen molar-refractivity contribution in [2.24, 2.45) is 0 Å². The fourth-order valence-electron chi connectivity index (χ4n) is 1.17. The average Bonchev–Trinajstić information content (AvgIpc) is 2.30. The Hall–Kier alpha value is -1.15. The SMILES string of the molecule is CCC(=O)NOCc1c(I)cccc1C(=O)O. The molecule has 0 heterocycles. The number of carbonyl (C=O) groups excluding carboxylic acids is 1. The fourth-order valence-corrected chi connectivity index (χ4v) is 1.82. The summed E-state index contributed by atoms with van der Waals surface area (Å²) in [5.41, 5.74) is 2.97. The third kappa shape index (κ3) is 3.97. The molecule has 2 N–H and O–H groups in total. The molecule has 0 atom stereocenters. The van der Waals surface area contributed by atoms with Gasteiger partial charge in [0.1, 0.15) is 6.61 Å². The number of hydroxylamine groups is 1. The zero-order chi connectivity index (χ0) is 12.8. The topological polar surface area (TPSA) is 75.6 Å². The lowest BCUT2D eigenvalue weighted by Crippen LogP contribution is -2.23. The van der Waals surface area contributed by atoms with Crippen molar-refractivity contribution in [1.82, 2.24) is 5.48 Å². The summed E-state index contributed by atoms with van der Waals surface area (Å²) in [4.78, 5) is 26.9. The quantitative estimate of drug-likeness (QED) is 0.629. The predicted molar refractivity (Wildman–Crippen MR) is 69.3 cm³/mol. The first-order valence-electron chi connectivity index (χ1n) is 4.97.